The van der Waals surface area contributed by atoms with Gasteiger partial charge in [0, 0.05) is 57.4 Å². The maximum Gasteiger partial charge on any atom is 0.231 e. The van der Waals surface area contributed by atoms with Crippen molar-refractivity contribution in [1.29, 1.82) is 0 Å². The summed E-state index contributed by atoms with van der Waals surface area (Å²) in [5, 5.41) is 0. The van der Waals surface area contributed by atoms with Gasteiger partial charge in [-0.25, -0.2) is 4.98 Å². The first-order valence-electron chi connectivity index (χ1n) is 11.8. The van der Waals surface area contributed by atoms with E-state index < -0.39 is 0 Å². The number of carbonyl (C=O) groups is 1. The van der Waals surface area contributed by atoms with Crippen molar-refractivity contribution in [2.45, 2.75) is 32.2 Å². The van der Waals surface area contributed by atoms with Gasteiger partial charge in [0.25, 0.3) is 0 Å². The van der Waals surface area contributed by atoms with E-state index in [1.54, 1.807) is 0 Å². The summed E-state index contributed by atoms with van der Waals surface area (Å²) in [4.78, 5) is 24.1. The SMILES string of the molecule is O=C(CCC1CCCN(Cc2cccc3c2OCO3)C1)N1CCN(c2ccccn2)CC1. The van der Waals surface area contributed by atoms with E-state index in [1.807, 2.05) is 41.4 Å². The molecule has 2 fully saturated rings. The molecule has 0 saturated carbocycles. The Kier molecular flexibility index (Phi) is 6.44. The van der Waals surface area contributed by atoms with E-state index in [4.69, 9.17) is 9.47 Å². The topological polar surface area (TPSA) is 58.1 Å². The Balaban J connectivity index is 1.08. The zero-order valence-corrected chi connectivity index (χ0v) is 18.6. The van der Waals surface area contributed by atoms with E-state index in [2.05, 4.69) is 20.9 Å². The largest absolute Gasteiger partial charge is 0.454 e. The number of amides is 1. The quantitative estimate of drug-likeness (QED) is 0.693. The van der Waals surface area contributed by atoms with Gasteiger partial charge >= 0.3 is 0 Å². The number of piperazine rings is 1. The molecule has 1 unspecified atom stereocenters. The van der Waals surface area contributed by atoms with E-state index in [0.717, 1.165) is 69.6 Å². The predicted octanol–water partition coefficient (Wildman–Crippen LogP) is 3.15. The highest BCUT2D eigenvalue weighted by molar-refractivity contribution is 5.76. The molecule has 7 heteroatoms. The van der Waals surface area contributed by atoms with Crippen LogP contribution in [0.1, 0.15) is 31.2 Å². The zero-order valence-electron chi connectivity index (χ0n) is 18.6. The van der Waals surface area contributed by atoms with Crippen LogP contribution in [0.3, 0.4) is 0 Å². The number of pyridine rings is 1. The molecular formula is C25H32N4O3. The summed E-state index contributed by atoms with van der Waals surface area (Å²) in [5.74, 6) is 3.63. The highest BCUT2D eigenvalue weighted by Gasteiger charge is 2.26. The number of rotatable bonds is 6. The maximum atomic E-state index is 12.8. The average molecular weight is 437 g/mol. The Labute approximate surface area is 189 Å². The van der Waals surface area contributed by atoms with Crippen molar-refractivity contribution in [3.05, 3.63) is 48.2 Å². The molecule has 4 heterocycles. The van der Waals surface area contributed by atoms with Gasteiger partial charge in [-0.2, -0.15) is 0 Å². The number of piperidine rings is 1. The molecule has 1 amide bonds. The summed E-state index contributed by atoms with van der Waals surface area (Å²) in [6, 6.07) is 12.1. The number of anilines is 1. The molecule has 0 spiro atoms. The molecule has 5 rings (SSSR count). The van der Waals surface area contributed by atoms with Gasteiger partial charge < -0.3 is 19.3 Å². The summed E-state index contributed by atoms with van der Waals surface area (Å²) in [6.45, 7) is 6.62. The van der Waals surface area contributed by atoms with Crippen molar-refractivity contribution in [2.24, 2.45) is 5.92 Å². The normalized spacial score (nSPS) is 21.1. The molecule has 0 radical (unpaired) electrons. The second-order valence-electron chi connectivity index (χ2n) is 8.99. The molecule has 1 aromatic heterocycles. The summed E-state index contributed by atoms with van der Waals surface area (Å²) < 4.78 is 11.2. The second-order valence-corrected chi connectivity index (χ2v) is 8.99. The molecule has 32 heavy (non-hydrogen) atoms. The molecule has 2 saturated heterocycles. The number of ether oxygens (including phenoxy) is 2. The molecule has 170 valence electrons. The van der Waals surface area contributed by atoms with Crippen LogP contribution >= 0.6 is 0 Å². The van der Waals surface area contributed by atoms with Gasteiger partial charge in [0.15, 0.2) is 11.5 Å². The lowest BCUT2D eigenvalue weighted by Crippen LogP contribution is -2.49. The third-order valence-corrected chi connectivity index (χ3v) is 6.85. The molecule has 2 aromatic rings. The fourth-order valence-corrected chi connectivity index (χ4v) is 5.10. The lowest BCUT2D eigenvalue weighted by molar-refractivity contribution is -0.131. The number of carbonyl (C=O) groups excluding carboxylic acids is 1. The Hall–Kier alpha value is -2.80. The minimum Gasteiger partial charge on any atom is -0.454 e. The minimum atomic E-state index is 0.300. The van der Waals surface area contributed by atoms with Crippen molar-refractivity contribution in [3.8, 4) is 11.5 Å². The van der Waals surface area contributed by atoms with Crippen LogP contribution in [0.15, 0.2) is 42.6 Å². The van der Waals surface area contributed by atoms with Crippen LogP contribution in [-0.2, 0) is 11.3 Å². The molecule has 3 aliphatic heterocycles. The highest BCUT2D eigenvalue weighted by Crippen LogP contribution is 2.36. The fourth-order valence-electron chi connectivity index (χ4n) is 5.10. The first kappa shape index (κ1) is 21.1. The molecule has 7 nitrogen and oxygen atoms in total. The third-order valence-electron chi connectivity index (χ3n) is 6.85. The number of hydrogen-bond donors (Lipinski definition) is 0. The number of nitrogens with zero attached hydrogens (tertiary/aromatic N) is 4. The lowest BCUT2D eigenvalue weighted by Gasteiger charge is -2.36. The standard InChI is InChI=1S/C25H32N4O3/c30-24(29-15-13-28(14-16-29)23-8-1-2-11-26-23)10-9-20-5-4-12-27(17-20)18-21-6-3-7-22-25(21)32-19-31-22/h1-3,6-8,11,20H,4-5,9-10,12-19H2. The molecule has 0 aliphatic carbocycles. The van der Waals surface area contributed by atoms with Gasteiger partial charge in [0.1, 0.15) is 5.82 Å². The van der Waals surface area contributed by atoms with Crippen molar-refractivity contribution in [2.75, 3.05) is 51.0 Å². The molecular weight excluding hydrogens is 404 g/mol. The maximum absolute atomic E-state index is 12.8. The number of fused-ring (bicyclic) bond motifs is 1. The van der Waals surface area contributed by atoms with Crippen LogP contribution in [0.5, 0.6) is 11.5 Å². The molecule has 1 aromatic carbocycles. The van der Waals surface area contributed by atoms with E-state index in [0.29, 0.717) is 25.0 Å². The van der Waals surface area contributed by atoms with Crippen LogP contribution in [0.4, 0.5) is 5.82 Å². The number of benzene rings is 1. The summed E-state index contributed by atoms with van der Waals surface area (Å²) in [7, 11) is 0. The average Bonchev–Trinajstić information content (AvgIpc) is 3.34. The Morgan fingerprint density at radius 2 is 1.94 bits per heavy atom. The van der Waals surface area contributed by atoms with Crippen molar-refractivity contribution >= 4 is 11.7 Å². The Morgan fingerprint density at radius 1 is 1.03 bits per heavy atom. The van der Waals surface area contributed by atoms with E-state index in [9.17, 15) is 4.79 Å². The summed E-state index contributed by atoms with van der Waals surface area (Å²) >= 11 is 0. The van der Waals surface area contributed by atoms with E-state index >= 15 is 0 Å². The van der Waals surface area contributed by atoms with Crippen molar-refractivity contribution in [1.82, 2.24) is 14.8 Å². The Morgan fingerprint density at radius 3 is 2.78 bits per heavy atom. The number of para-hydroxylation sites is 1. The van der Waals surface area contributed by atoms with Gasteiger partial charge in [0.2, 0.25) is 12.7 Å². The lowest BCUT2D eigenvalue weighted by atomic mass is 9.92. The monoisotopic (exact) mass is 436 g/mol. The van der Waals surface area contributed by atoms with Crippen LogP contribution in [-0.4, -0.2) is 66.8 Å². The van der Waals surface area contributed by atoms with Gasteiger partial charge in [0.05, 0.1) is 0 Å². The third kappa shape index (κ3) is 4.83. The van der Waals surface area contributed by atoms with E-state index in [1.165, 1.54) is 18.4 Å². The van der Waals surface area contributed by atoms with Gasteiger partial charge in [-0.05, 0) is 49.9 Å². The summed E-state index contributed by atoms with van der Waals surface area (Å²) in [6.07, 6.45) is 5.85. The highest BCUT2D eigenvalue weighted by atomic mass is 16.7. The fraction of sp³-hybridized carbons (Fsp3) is 0.520. The van der Waals surface area contributed by atoms with Crippen LogP contribution in [0.2, 0.25) is 0 Å². The molecule has 1 atom stereocenters. The summed E-state index contributed by atoms with van der Waals surface area (Å²) in [5.41, 5.74) is 1.20. The second kappa shape index (κ2) is 9.77. The van der Waals surface area contributed by atoms with Crippen LogP contribution in [0, 0.1) is 5.92 Å². The molecule has 0 N–H and O–H groups in total. The van der Waals surface area contributed by atoms with Crippen molar-refractivity contribution in [3.63, 3.8) is 0 Å². The molecule has 0 bridgehead atoms. The minimum absolute atomic E-state index is 0.300. The predicted molar refractivity (Wildman–Crippen MR) is 123 cm³/mol. The van der Waals surface area contributed by atoms with Crippen LogP contribution in [0.25, 0.3) is 0 Å². The number of aromatic nitrogens is 1. The van der Waals surface area contributed by atoms with Gasteiger partial charge in [-0.15, -0.1) is 0 Å². The van der Waals surface area contributed by atoms with Crippen LogP contribution < -0.4 is 14.4 Å². The first-order chi connectivity index (χ1) is 15.8. The number of likely N-dealkylation sites (tertiary alicyclic amines) is 1. The smallest absolute Gasteiger partial charge is 0.231 e. The molecule has 3 aliphatic rings. The number of hydrogen-bond acceptors (Lipinski definition) is 6. The zero-order chi connectivity index (χ0) is 21.8. The Bertz CT molecular complexity index is 915. The van der Waals surface area contributed by atoms with Crippen molar-refractivity contribution < 1.29 is 14.3 Å². The van der Waals surface area contributed by atoms with E-state index in [-0.39, 0.29) is 0 Å². The van der Waals surface area contributed by atoms with Gasteiger partial charge in [-0.3, -0.25) is 9.69 Å². The first-order valence-corrected chi connectivity index (χ1v) is 11.8. The van der Waals surface area contributed by atoms with Gasteiger partial charge in [-0.1, -0.05) is 18.2 Å².